The highest BCUT2D eigenvalue weighted by molar-refractivity contribution is 6.32. The Hall–Kier alpha value is -0.290. The molecule has 0 aliphatic heterocycles. The Bertz CT molecular complexity index is 352. The number of hydrogen-bond donors (Lipinski definition) is 2. The van der Waals surface area contributed by atoms with E-state index in [-0.39, 0.29) is 12.0 Å². The highest BCUT2D eigenvalue weighted by atomic mass is 35.5. The van der Waals surface area contributed by atoms with Gasteiger partial charge in [0, 0.05) is 20.1 Å². The zero-order valence-corrected chi connectivity index (χ0v) is 11.2. The van der Waals surface area contributed by atoms with E-state index in [0.29, 0.717) is 23.5 Å². The summed E-state index contributed by atoms with van der Waals surface area (Å²) in [6.45, 7) is 5.01. The number of aromatic nitrogens is 2. The molecule has 0 radical (unpaired) electrons. The van der Waals surface area contributed by atoms with E-state index in [2.05, 4.69) is 10.3 Å². The summed E-state index contributed by atoms with van der Waals surface area (Å²) in [5.74, 6) is 0.234. The lowest BCUT2D eigenvalue weighted by molar-refractivity contribution is 0.123. The van der Waals surface area contributed by atoms with Gasteiger partial charge >= 0.3 is 0 Å². The van der Waals surface area contributed by atoms with Crippen LogP contribution in [-0.2, 0) is 13.6 Å². The molecular weight excluding hydrogens is 249 g/mol. The van der Waals surface area contributed by atoms with Gasteiger partial charge in [0.1, 0.15) is 0 Å². The van der Waals surface area contributed by atoms with Gasteiger partial charge in [0.2, 0.25) is 5.28 Å². The molecule has 0 saturated carbocycles. The Balaban J connectivity index is 2.49. The molecule has 0 spiro atoms. The fourth-order valence-electron chi connectivity index (χ4n) is 1.24. The summed E-state index contributed by atoms with van der Waals surface area (Å²) >= 11 is 11.7. The second kappa shape index (κ2) is 5.87. The molecule has 1 aromatic rings. The van der Waals surface area contributed by atoms with E-state index in [1.807, 2.05) is 13.8 Å². The molecule has 1 heterocycles. The zero-order valence-electron chi connectivity index (χ0n) is 9.67. The maximum atomic E-state index is 9.60. The van der Waals surface area contributed by atoms with Gasteiger partial charge in [0.05, 0.1) is 11.8 Å². The first kappa shape index (κ1) is 13.8. The minimum Gasteiger partial charge on any atom is -0.392 e. The van der Waals surface area contributed by atoms with Gasteiger partial charge in [-0.25, -0.2) is 4.98 Å². The fraction of sp³-hybridized carbons (Fsp3) is 0.700. The van der Waals surface area contributed by atoms with Gasteiger partial charge in [-0.3, -0.25) is 0 Å². The van der Waals surface area contributed by atoms with Crippen molar-refractivity contribution in [3.05, 3.63) is 16.1 Å². The van der Waals surface area contributed by atoms with Crippen LogP contribution in [0.25, 0.3) is 0 Å². The number of halogens is 2. The average molecular weight is 266 g/mol. The quantitative estimate of drug-likeness (QED) is 0.854. The third-order valence-corrected chi connectivity index (χ3v) is 3.17. The molecule has 0 fully saturated rings. The summed E-state index contributed by atoms with van der Waals surface area (Å²) < 4.78 is 1.72. The largest absolute Gasteiger partial charge is 0.392 e. The maximum Gasteiger partial charge on any atom is 0.204 e. The third-order valence-electron chi connectivity index (χ3n) is 2.53. The first-order valence-electron chi connectivity index (χ1n) is 5.18. The van der Waals surface area contributed by atoms with Gasteiger partial charge in [0.25, 0.3) is 0 Å². The molecule has 1 rings (SSSR count). The van der Waals surface area contributed by atoms with Crippen LogP contribution in [0, 0.1) is 5.92 Å². The number of rotatable bonds is 5. The molecule has 1 aromatic heterocycles. The van der Waals surface area contributed by atoms with E-state index in [1.54, 1.807) is 11.6 Å². The molecule has 2 N–H and O–H groups in total. The smallest absolute Gasteiger partial charge is 0.204 e. The standard InChI is InChI=1S/C10H17Cl2N3O/c1-6(2)8(16)5-13-4-7-9(11)14-10(12)15(7)3/h6,8,13,16H,4-5H2,1-3H3. The topological polar surface area (TPSA) is 50.1 Å². The molecule has 6 heteroatoms. The predicted molar refractivity (Wildman–Crippen MR) is 65.8 cm³/mol. The molecule has 0 saturated heterocycles. The Morgan fingerprint density at radius 1 is 1.44 bits per heavy atom. The molecule has 4 nitrogen and oxygen atoms in total. The zero-order chi connectivity index (χ0) is 12.3. The number of aliphatic hydroxyl groups excluding tert-OH is 1. The molecule has 1 atom stereocenters. The van der Waals surface area contributed by atoms with Crippen LogP contribution in [0.2, 0.25) is 10.4 Å². The number of nitrogens with one attached hydrogen (secondary N) is 1. The molecule has 0 aliphatic carbocycles. The van der Waals surface area contributed by atoms with Crippen LogP contribution in [0.4, 0.5) is 0 Å². The highest BCUT2D eigenvalue weighted by Crippen LogP contribution is 2.18. The van der Waals surface area contributed by atoms with Crippen molar-refractivity contribution in [2.24, 2.45) is 13.0 Å². The Kier molecular flexibility index (Phi) is 5.05. The van der Waals surface area contributed by atoms with Crippen molar-refractivity contribution in [2.45, 2.75) is 26.5 Å². The van der Waals surface area contributed by atoms with Crippen molar-refractivity contribution < 1.29 is 5.11 Å². The van der Waals surface area contributed by atoms with Crippen molar-refractivity contribution in [3.63, 3.8) is 0 Å². The normalized spacial score (nSPS) is 13.4. The van der Waals surface area contributed by atoms with Crippen LogP contribution in [0.5, 0.6) is 0 Å². The van der Waals surface area contributed by atoms with Gasteiger partial charge in [-0.15, -0.1) is 0 Å². The average Bonchev–Trinajstić information content (AvgIpc) is 2.44. The lowest BCUT2D eigenvalue weighted by atomic mass is 10.1. The Morgan fingerprint density at radius 2 is 2.06 bits per heavy atom. The van der Waals surface area contributed by atoms with Gasteiger partial charge < -0.3 is 15.0 Å². The van der Waals surface area contributed by atoms with E-state index in [9.17, 15) is 5.11 Å². The lowest BCUT2D eigenvalue weighted by Gasteiger charge is -2.15. The summed E-state index contributed by atoms with van der Waals surface area (Å²) in [5.41, 5.74) is 0.822. The Labute approximate surface area is 106 Å². The molecule has 0 aliphatic rings. The van der Waals surface area contributed by atoms with Crippen LogP contribution in [-0.4, -0.2) is 27.3 Å². The van der Waals surface area contributed by atoms with Crippen LogP contribution in [0.1, 0.15) is 19.5 Å². The van der Waals surface area contributed by atoms with Crippen LogP contribution < -0.4 is 5.32 Å². The van der Waals surface area contributed by atoms with E-state index in [4.69, 9.17) is 23.2 Å². The van der Waals surface area contributed by atoms with Gasteiger partial charge in [-0.05, 0) is 17.5 Å². The molecule has 0 bridgehead atoms. The first-order valence-corrected chi connectivity index (χ1v) is 5.94. The molecule has 16 heavy (non-hydrogen) atoms. The minimum absolute atomic E-state index is 0.234. The van der Waals surface area contributed by atoms with Gasteiger partial charge in [0.15, 0.2) is 5.15 Å². The van der Waals surface area contributed by atoms with E-state index < -0.39 is 0 Å². The summed E-state index contributed by atoms with van der Waals surface area (Å²) in [4.78, 5) is 3.93. The number of aliphatic hydroxyl groups is 1. The number of imidazole rings is 1. The lowest BCUT2D eigenvalue weighted by Crippen LogP contribution is -2.30. The van der Waals surface area contributed by atoms with Gasteiger partial charge in [-0.1, -0.05) is 25.4 Å². The molecule has 0 amide bonds. The van der Waals surface area contributed by atoms with E-state index in [0.717, 1.165) is 5.69 Å². The van der Waals surface area contributed by atoms with Crippen LogP contribution in [0.3, 0.4) is 0 Å². The van der Waals surface area contributed by atoms with Crippen molar-refractivity contribution in [1.29, 1.82) is 0 Å². The van der Waals surface area contributed by atoms with Crippen molar-refractivity contribution >= 4 is 23.2 Å². The highest BCUT2D eigenvalue weighted by Gasteiger charge is 2.12. The third kappa shape index (κ3) is 3.35. The first-order chi connectivity index (χ1) is 7.43. The van der Waals surface area contributed by atoms with Crippen LogP contribution >= 0.6 is 23.2 Å². The summed E-state index contributed by atoms with van der Waals surface area (Å²) in [5, 5.41) is 13.5. The minimum atomic E-state index is -0.359. The second-order valence-electron chi connectivity index (χ2n) is 4.12. The van der Waals surface area contributed by atoms with Crippen molar-refractivity contribution in [1.82, 2.24) is 14.9 Å². The summed E-state index contributed by atoms with van der Waals surface area (Å²) in [6, 6.07) is 0. The van der Waals surface area contributed by atoms with E-state index >= 15 is 0 Å². The predicted octanol–water partition coefficient (Wildman–Crippen LogP) is 1.83. The molecular formula is C10H17Cl2N3O. The summed E-state index contributed by atoms with van der Waals surface area (Å²) in [7, 11) is 1.80. The van der Waals surface area contributed by atoms with Crippen molar-refractivity contribution in [3.8, 4) is 0 Å². The summed E-state index contributed by atoms with van der Waals surface area (Å²) in [6.07, 6.45) is -0.359. The number of nitrogens with zero attached hydrogens (tertiary/aromatic N) is 2. The second-order valence-corrected chi connectivity index (χ2v) is 4.82. The molecule has 0 aromatic carbocycles. The maximum absolute atomic E-state index is 9.60. The molecule has 92 valence electrons. The molecule has 1 unspecified atom stereocenters. The fourth-order valence-corrected chi connectivity index (χ4v) is 1.74. The Morgan fingerprint density at radius 3 is 2.50 bits per heavy atom. The SMILES string of the molecule is CC(C)C(O)CNCc1c(Cl)nc(Cl)n1C. The van der Waals surface area contributed by atoms with Crippen molar-refractivity contribution in [2.75, 3.05) is 6.54 Å². The number of hydrogen-bond acceptors (Lipinski definition) is 3. The van der Waals surface area contributed by atoms with E-state index in [1.165, 1.54) is 0 Å². The monoisotopic (exact) mass is 265 g/mol. The van der Waals surface area contributed by atoms with Gasteiger partial charge in [-0.2, -0.15) is 0 Å². The van der Waals surface area contributed by atoms with Crippen LogP contribution in [0.15, 0.2) is 0 Å².